The molecule has 0 aliphatic heterocycles. The molecule has 0 rings (SSSR count). The van der Waals surface area contributed by atoms with Crippen LogP contribution in [0.1, 0.15) is 0 Å². The monoisotopic (exact) mass is 488 g/mol. The SMILES string of the molecule is [N-]=[N+]=[N][Hg].[N-]=[N+]=[N][Hg]. The third-order valence-electron chi connectivity index (χ3n) is 0.126. The third-order valence-corrected chi connectivity index (χ3v) is 1.11. The van der Waals surface area contributed by atoms with E-state index in [9.17, 15) is 0 Å². The molecule has 0 aliphatic rings. The second-order valence-corrected chi connectivity index (χ2v) is 2.66. The van der Waals surface area contributed by atoms with Crippen molar-refractivity contribution in [2.75, 3.05) is 0 Å². The van der Waals surface area contributed by atoms with E-state index in [0.29, 0.717) is 0 Å². The van der Waals surface area contributed by atoms with Crippen LogP contribution in [-0.2, 0) is 52.8 Å². The summed E-state index contributed by atoms with van der Waals surface area (Å²) in [6.45, 7) is 0. The molecule has 0 saturated heterocycles. The molecule has 0 spiro atoms. The zero-order valence-corrected chi connectivity index (χ0v) is 15.1. The summed E-state index contributed by atoms with van der Waals surface area (Å²) >= 11 is 0.563. The molecule has 0 bridgehead atoms. The molecular weight excluding hydrogens is 485 g/mol. The van der Waals surface area contributed by atoms with E-state index in [1.54, 1.807) is 0 Å². The van der Waals surface area contributed by atoms with Gasteiger partial charge in [-0.3, -0.25) is 0 Å². The molecule has 0 amide bonds. The Morgan fingerprint density at radius 1 is 1.00 bits per heavy atom. The van der Waals surface area contributed by atoms with Crippen LogP contribution in [0.5, 0.6) is 0 Å². The Hall–Kier alpha value is 0.490. The predicted octanol–water partition coefficient (Wildman–Crippen LogP) is 1.52. The first-order valence-electron chi connectivity index (χ1n) is 1.43. The molecule has 0 unspecified atom stereocenters. The van der Waals surface area contributed by atoms with Gasteiger partial charge in [0.2, 0.25) is 0 Å². The summed E-state index contributed by atoms with van der Waals surface area (Å²) in [6, 6.07) is 0. The minimum absolute atomic E-state index is 0.282. The van der Waals surface area contributed by atoms with Crippen molar-refractivity contribution in [1.29, 1.82) is 0 Å². The molecule has 0 N–H and O–H groups in total. The first kappa shape index (κ1) is 11.3. The quantitative estimate of drug-likeness (QED) is 0.215. The van der Waals surface area contributed by atoms with E-state index in [0.717, 1.165) is 0 Å². The molecule has 0 radical (unpaired) electrons. The molecule has 34 valence electrons. The fourth-order valence-electron chi connectivity index (χ4n) is 0. The van der Waals surface area contributed by atoms with Crippen molar-refractivity contribution < 1.29 is 52.8 Å². The van der Waals surface area contributed by atoms with Gasteiger partial charge in [-0.05, 0) is 0 Å². The number of hydrogen-bond donors (Lipinski definition) is 0. The van der Waals surface area contributed by atoms with E-state index in [4.69, 9.17) is 11.1 Å². The van der Waals surface area contributed by atoms with Gasteiger partial charge in [-0.15, -0.1) is 0 Å². The molecular formula is Hg2N6. The van der Waals surface area contributed by atoms with Gasteiger partial charge in [-0.2, -0.15) is 0 Å². The third kappa shape index (κ3) is 31.5. The average Bonchev–Trinajstić information content (AvgIpc) is 1.88. The van der Waals surface area contributed by atoms with Gasteiger partial charge in [-0.25, -0.2) is 0 Å². The molecule has 0 aromatic heterocycles. The second kappa shape index (κ2) is 15.6. The van der Waals surface area contributed by atoms with E-state index >= 15 is 0 Å². The van der Waals surface area contributed by atoms with Crippen LogP contribution in [0.3, 0.4) is 0 Å². The van der Waals surface area contributed by atoms with Crippen LogP contribution in [-0.4, -0.2) is 0 Å². The summed E-state index contributed by atoms with van der Waals surface area (Å²) in [6.07, 6.45) is 0. The van der Waals surface area contributed by atoms with Crippen molar-refractivity contribution >= 4 is 0 Å². The van der Waals surface area contributed by atoms with Gasteiger partial charge < -0.3 is 0 Å². The summed E-state index contributed by atoms with van der Waals surface area (Å²) in [5.74, 6) is 0. The van der Waals surface area contributed by atoms with Gasteiger partial charge in [0.1, 0.15) is 0 Å². The standard InChI is InChI=1S/2Hg.2N3/c;;2*1-3-2/q2*+1;2*-1. The molecule has 8 heteroatoms. The van der Waals surface area contributed by atoms with Crippen molar-refractivity contribution in [3.8, 4) is 0 Å². The zero-order chi connectivity index (χ0) is 6.83. The van der Waals surface area contributed by atoms with Crippen molar-refractivity contribution in [3.05, 3.63) is 20.9 Å². The topological polar surface area (TPSA) is 97.5 Å². The molecule has 0 heterocycles. The van der Waals surface area contributed by atoms with Crippen LogP contribution >= 0.6 is 0 Å². The maximum absolute atomic E-state index is 7.38. The van der Waals surface area contributed by atoms with E-state index in [1.807, 2.05) is 0 Å². The first-order valence-corrected chi connectivity index (χ1v) is 6.35. The maximum atomic E-state index is 7.38. The van der Waals surface area contributed by atoms with Crippen LogP contribution in [0.2, 0.25) is 0 Å². The Kier molecular flexibility index (Phi) is 22.1. The van der Waals surface area contributed by atoms with Gasteiger partial charge in [0.15, 0.2) is 0 Å². The molecule has 0 aliphatic carbocycles. The fraction of sp³-hybridized carbons (Fsp3) is 0. The summed E-state index contributed by atoms with van der Waals surface area (Å²) in [7, 11) is 0. The Bertz CT molecular complexity index is 98.5. The Labute approximate surface area is 78.7 Å². The van der Waals surface area contributed by atoms with Gasteiger partial charge in [0.25, 0.3) is 0 Å². The Balaban J connectivity index is 0. The van der Waals surface area contributed by atoms with Crippen LogP contribution in [0.4, 0.5) is 0 Å². The predicted molar refractivity (Wildman–Crippen MR) is 18.3 cm³/mol. The Morgan fingerprint density at radius 2 is 1.12 bits per heavy atom. The second-order valence-electron chi connectivity index (χ2n) is 0.462. The van der Waals surface area contributed by atoms with Gasteiger partial charge in [0, 0.05) is 0 Å². The number of azide groups is 2. The summed E-state index contributed by atoms with van der Waals surface area (Å²) < 4.78 is 6.22. The van der Waals surface area contributed by atoms with Crippen LogP contribution < -0.4 is 0 Å². The van der Waals surface area contributed by atoms with E-state index in [1.165, 1.54) is 0 Å². The minimum atomic E-state index is 0.282. The van der Waals surface area contributed by atoms with Crippen LogP contribution in [0.15, 0.2) is 5.76 Å². The summed E-state index contributed by atoms with van der Waals surface area (Å²) in [5.41, 5.74) is 14.8. The van der Waals surface area contributed by atoms with Crippen LogP contribution in [0, 0.1) is 0 Å². The molecule has 0 aromatic carbocycles. The number of hydrogen-bond acceptors (Lipinski definition) is 2. The number of rotatable bonds is 0. The molecule has 8 heavy (non-hydrogen) atoms. The first-order chi connectivity index (χ1) is 3.83. The van der Waals surface area contributed by atoms with Crippen LogP contribution in [0.25, 0.3) is 20.9 Å². The fourth-order valence-corrected chi connectivity index (χ4v) is 0. The zero-order valence-electron chi connectivity index (χ0n) is 4.10. The average molecular weight is 485 g/mol. The van der Waals surface area contributed by atoms with Gasteiger partial charge in [-0.1, -0.05) is 0 Å². The van der Waals surface area contributed by atoms with Gasteiger partial charge >= 0.3 is 79.5 Å². The normalized spacial score (nSPS) is 4.50. The molecule has 0 aromatic rings. The number of nitrogens with zero attached hydrogens (tertiary/aromatic N) is 6. The molecule has 6 nitrogen and oxygen atoms in total. The van der Waals surface area contributed by atoms with E-state index in [2.05, 4.69) is 15.6 Å². The summed E-state index contributed by atoms with van der Waals surface area (Å²) in [5, 5.41) is 0. The molecule has 0 atom stereocenters. The van der Waals surface area contributed by atoms with Gasteiger partial charge in [0.05, 0.1) is 0 Å². The Morgan fingerprint density at radius 3 is 1.12 bits per heavy atom. The van der Waals surface area contributed by atoms with Crippen molar-refractivity contribution in [1.82, 2.24) is 0 Å². The van der Waals surface area contributed by atoms with E-state index < -0.39 is 0 Å². The van der Waals surface area contributed by atoms with Crippen molar-refractivity contribution in [3.63, 3.8) is 0 Å². The molecule has 0 saturated carbocycles. The molecule has 0 fully saturated rings. The van der Waals surface area contributed by atoms with E-state index in [-0.39, 0.29) is 52.8 Å². The summed E-state index contributed by atoms with van der Waals surface area (Å²) in [4.78, 5) is 4.90. The van der Waals surface area contributed by atoms with Crippen molar-refractivity contribution in [2.24, 2.45) is 5.76 Å². The van der Waals surface area contributed by atoms with Crippen molar-refractivity contribution in [2.45, 2.75) is 0 Å².